The van der Waals surface area contributed by atoms with E-state index in [1.807, 2.05) is 13.8 Å². The predicted octanol–water partition coefficient (Wildman–Crippen LogP) is 0.491. The first-order valence-corrected chi connectivity index (χ1v) is 5.69. The highest BCUT2D eigenvalue weighted by Crippen LogP contribution is 2.42. The molecular weight excluding hydrogens is 228 g/mol. The van der Waals surface area contributed by atoms with E-state index < -0.39 is 12.0 Å². The fraction of sp³-hybridized carbons (Fsp3) is 0.400. The molecule has 0 spiro atoms. The molecular formula is C10H12N2O3S. The van der Waals surface area contributed by atoms with Gasteiger partial charge in [0.05, 0.1) is 0 Å². The number of aliphatic carboxylic acids is 1. The second-order valence-corrected chi connectivity index (χ2v) is 5.10. The summed E-state index contributed by atoms with van der Waals surface area (Å²) in [4.78, 5) is 24.6. The lowest BCUT2D eigenvalue weighted by Gasteiger charge is -2.47. The number of thioether (sulfide) groups is 1. The van der Waals surface area contributed by atoms with Gasteiger partial charge >= 0.3 is 5.97 Å². The maximum absolute atomic E-state index is 11.5. The fourth-order valence-corrected chi connectivity index (χ4v) is 2.91. The number of carbonyl (C=O) groups excluding carboxylic acids is 1. The molecule has 0 aromatic rings. The fourth-order valence-electron chi connectivity index (χ4n) is 1.65. The molecule has 0 aliphatic carbocycles. The minimum absolute atomic E-state index is 0.0200. The molecule has 2 rings (SSSR count). The number of hydrogen-bond acceptors (Lipinski definition) is 4. The molecule has 86 valence electrons. The maximum Gasteiger partial charge on any atom is 0.352 e. The Morgan fingerprint density at radius 2 is 2.19 bits per heavy atom. The molecule has 1 saturated heterocycles. The van der Waals surface area contributed by atoms with Crippen LogP contribution in [0.25, 0.3) is 0 Å². The summed E-state index contributed by atoms with van der Waals surface area (Å²) in [5.41, 5.74) is 6.69. The van der Waals surface area contributed by atoms with E-state index in [4.69, 9.17) is 10.8 Å². The topological polar surface area (TPSA) is 83.6 Å². The van der Waals surface area contributed by atoms with Crippen LogP contribution in [-0.4, -0.2) is 33.3 Å². The summed E-state index contributed by atoms with van der Waals surface area (Å²) in [5.74, 6) is -1.41. The zero-order valence-corrected chi connectivity index (χ0v) is 9.75. The summed E-state index contributed by atoms with van der Waals surface area (Å²) < 4.78 is 0. The van der Waals surface area contributed by atoms with E-state index in [0.29, 0.717) is 0 Å². The van der Waals surface area contributed by atoms with Gasteiger partial charge in [-0.05, 0) is 19.9 Å². The van der Waals surface area contributed by atoms with Gasteiger partial charge in [-0.3, -0.25) is 9.69 Å². The van der Waals surface area contributed by atoms with E-state index in [1.165, 1.54) is 22.7 Å². The predicted molar refractivity (Wildman–Crippen MR) is 60.3 cm³/mol. The average molecular weight is 240 g/mol. The Kier molecular flexibility index (Phi) is 2.55. The summed E-state index contributed by atoms with van der Waals surface area (Å²) in [6, 6.07) is -0.595. The Morgan fingerprint density at radius 1 is 1.56 bits per heavy atom. The lowest BCUT2D eigenvalue weighted by molar-refractivity contribution is -0.147. The molecule has 0 saturated carbocycles. The van der Waals surface area contributed by atoms with Crippen LogP contribution >= 0.6 is 11.8 Å². The molecule has 2 heterocycles. The lowest BCUT2D eigenvalue weighted by atomic mass is 10.1. The summed E-state index contributed by atoms with van der Waals surface area (Å²) in [7, 11) is 0. The van der Waals surface area contributed by atoms with Crippen LogP contribution in [0.15, 0.2) is 22.3 Å². The molecule has 0 bridgehead atoms. The van der Waals surface area contributed by atoms with Crippen LogP contribution in [0.5, 0.6) is 0 Å². The Labute approximate surface area is 97.0 Å². The highest BCUT2D eigenvalue weighted by atomic mass is 32.2. The van der Waals surface area contributed by atoms with Gasteiger partial charge < -0.3 is 10.8 Å². The van der Waals surface area contributed by atoms with E-state index in [-0.39, 0.29) is 17.0 Å². The van der Waals surface area contributed by atoms with E-state index in [0.717, 1.165) is 10.5 Å². The summed E-state index contributed by atoms with van der Waals surface area (Å²) >= 11 is 1.44. The minimum Gasteiger partial charge on any atom is -0.477 e. The van der Waals surface area contributed by atoms with Crippen molar-refractivity contribution < 1.29 is 14.7 Å². The summed E-state index contributed by atoms with van der Waals surface area (Å²) in [6.45, 7) is 3.81. The molecule has 16 heavy (non-hydrogen) atoms. The zero-order chi connectivity index (χ0) is 12.0. The lowest BCUT2D eigenvalue weighted by Crippen LogP contribution is -2.67. The monoisotopic (exact) mass is 240 g/mol. The van der Waals surface area contributed by atoms with Crippen molar-refractivity contribution in [1.82, 2.24) is 4.90 Å². The van der Waals surface area contributed by atoms with Crippen molar-refractivity contribution in [1.29, 1.82) is 0 Å². The molecule has 0 aromatic carbocycles. The molecule has 1 fully saturated rings. The SMILES string of the molecule is CC(C)=C1C=C(C(=O)O)N2C(=O)C(N)C2S1. The normalized spacial score (nSPS) is 28.2. The number of amides is 1. The first-order chi connectivity index (χ1) is 7.43. The van der Waals surface area contributed by atoms with Gasteiger partial charge in [-0.2, -0.15) is 0 Å². The zero-order valence-electron chi connectivity index (χ0n) is 8.93. The molecule has 2 unspecified atom stereocenters. The number of fused-ring (bicyclic) bond motifs is 1. The molecule has 0 radical (unpaired) electrons. The molecule has 1 amide bonds. The number of hydrogen-bond donors (Lipinski definition) is 2. The van der Waals surface area contributed by atoms with Crippen molar-refractivity contribution in [3.8, 4) is 0 Å². The second-order valence-electron chi connectivity index (χ2n) is 3.94. The standard InChI is InChI=1S/C10H12N2O3S/c1-4(2)6-3-5(10(14)15)12-8(13)7(11)9(12)16-6/h3,7,9H,11H2,1-2H3,(H,14,15). The molecule has 3 N–H and O–H groups in total. The van der Waals surface area contributed by atoms with Crippen LogP contribution in [0.1, 0.15) is 13.8 Å². The highest BCUT2D eigenvalue weighted by Gasteiger charge is 2.51. The number of carbonyl (C=O) groups is 2. The number of rotatable bonds is 1. The van der Waals surface area contributed by atoms with E-state index in [9.17, 15) is 9.59 Å². The van der Waals surface area contributed by atoms with Crippen molar-refractivity contribution in [2.75, 3.05) is 0 Å². The third kappa shape index (κ3) is 1.45. The number of nitrogens with zero attached hydrogens (tertiary/aromatic N) is 1. The largest absolute Gasteiger partial charge is 0.477 e. The Morgan fingerprint density at radius 3 is 2.69 bits per heavy atom. The van der Waals surface area contributed by atoms with Crippen LogP contribution in [0.4, 0.5) is 0 Å². The number of allylic oxidation sites excluding steroid dienone is 2. The first-order valence-electron chi connectivity index (χ1n) is 4.81. The Balaban J connectivity index is 2.44. The number of β-lactam (4-membered cyclic amide) rings is 1. The first kappa shape index (κ1) is 11.2. The smallest absolute Gasteiger partial charge is 0.352 e. The van der Waals surface area contributed by atoms with Gasteiger partial charge in [-0.15, -0.1) is 0 Å². The molecule has 2 aliphatic heterocycles. The molecule has 6 heteroatoms. The Hall–Kier alpha value is -1.27. The summed E-state index contributed by atoms with van der Waals surface area (Å²) in [5, 5.41) is 8.76. The number of nitrogens with two attached hydrogens (primary N) is 1. The van der Waals surface area contributed by atoms with Crippen LogP contribution in [0.2, 0.25) is 0 Å². The van der Waals surface area contributed by atoms with Gasteiger partial charge in [0, 0.05) is 4.91 Å². The van der Waals surface area contributed by atoms with Gasteiger partial charge in [-0.25, -0.2) is 4.79 Å². The van der Waals surface area contributed by atoms with Gasteiger partial charge in [-0.1, -0.05) is 17.3 Å². The van der Waals surface area contributed by atoms with Crippen LogP contribution in [0, 0.1) is 0 Å². The van der Waals surface area contributed by atoms with Crippen molar-refractivity contribution in [3.05, 3.63) is 22.3 Å². The molecule has 2 atom stereocenters. The van der Waals surface area contributed by atoms with E-state index >= 15 is 0 Å². The second kappa shape index (κ2) is 3.64. The Bertz CT molecular complexity index is 437. The maximum atomic E-state index is 11.5. The van der Waals surface area contributed by atoms with Crippen molar-refractivity contribution in [3.63, 3.8) is 0 Å². The van der Waals surface area contributed by atoms with E-state index in [2.05, 4.69) is 0 Å². The van der Waals surface area contributed by atoms with Gasteiger partial charge in [0.25, 0.3) is 0 Å². The minimum atomic E-state index is -1.09. The quantitative estimate of drug-likeness (QED) is 0.652. The van der Waals surface area contributed by atoms with Gasteiger partial charge in [0.15, 0.2) is 0 Å². The van der Waals surface area contributed by atoms with Crippen molar-refractivity contribution >= 4 is 23.6 Å². The van der Waals surface area contributed by atoms with Crippen molar-refractivity contribution in [2.45, 2.75) is 25.3 Å². The molecule has 5 nitrogen and oxygen atoms in total. The van der Waals surface area contributed by atoms with E-state index in [1.54, 1.807) is 0 Å². The van der Waals surface area contributed by atoms with Crippen LogP contribution < -0.4 is 5.73 Å². The molecule has 2 aliphatic rings. The average Bonchev–Trinajstić information content (AvgIpc) is 2.25. The van der Waals surface area contributed by atoms with Crippen molar-refractivity contribution in [2.24, 2.45) is 5.73 Å². The van der Waals surface area contributed by atoms with Crippen LogP contribution in [-0.2, 0) is 9.59 Å². The van der Waals surface area contributed by atoms with Crippen LogP contribution in [0.3, 0.4) is 0 Å². The third-order valence-corrected chi connectivity index (χ3v) is 4.10. The number of carboxylic acid groups (broad SMARTS) is 1. The number of carboxylic acids is 1. The van der Waals surface area contributed by atoms with Gasteiger partial charge in [0.1, 0.15) is 17.1 Å². The highest BCUT2D eigenvalue weighted by molar-refractivity contribution is 8.04. The summed E-state index contributed by atoms with van der Waals surface area (Å²) in [6.07, 6.45) is 1.53. The third-order valence-electron chi connectivity index (χ3n) is 2.57. The molecule has 0 aromatic heterocycles. The van der Waals surface area contributed by atoms with Gasteiger partial charge in [0.2, 0.25) is 5.91 Å².